The summed E-state index contributed by atoms with van der Waals surface area (Å²) in [4.78, 5) is 13.9. The summed E-state index contributed by atoms with van der Waals surface area (Å²) in [5.41, 5.74) is 8.61. The lowest BCUT2D eigenvalue weighted by atomic mass is 9.81. The summed E-state index contributed by atoms with van der Waals surface area (Å²) in [6.45, 7) is 3.97. The first-order valence-electron chi connectivity index (χ1n) is 3.50. The summed E-state index contributed by atoms with van der Waals surface area (Å²) < 4.78 is 0. The molecule has 0 amide bonds. The minimum Gasteiger partial charge on any atom is -0.361 e. The number of rotatable bonds is 0. The smallest absolute Gasteiger partial charge is 0.339 e. The summed E-state index contributed by atoms with van der Waals surface area (Å²) >= 11 is 0. The van der Waals surface area contributed by atoms with Gasteiger partial charge in [0.1, 0.15) is 0 Å². The second-order valence-corrected chi connectivity index (χ2v) is 3.41. The molecule has 0 aliphatic heterocycles. The van der Waals surface area contributed by atoms with E-state index in [-0.39, 0.29) is 16.9 Å². The van der Waals surface area contributed by atoms with E-state index in [4.69, 9.17) is 5.53 Å². The molecule has 0 saturated heterocycles. The predicted molar refractivity (Wildman–Crippen MR) is 41.2 cm³/mol. The van der Waals surface area contributed by atoms with Crippen LogP contribution < -0.4 is 0 Å². The van der Waals surface area contributed by atoms with Gasteiger partial charge in [-0.2, -0.15) is 4.79 Å². The molecule has 1 aliphatic rings. The fourth-order valence-corrected chi connectivity index (χ4v) is 1.06. The van der Waals surface area contributed by atoms with E-state index < -0.39 is 0 Å². The Bertz CT molecular complexity index is 270. The molecular formula is C8H10N2O. The van der Waals surface area contributed by atoms with Crippen molar-refractivity contribution in [3.63, 3.8) is 0 Å². The van der Waals surface area contributed by atoms with Gasteiger partial charge in [-0.1, -0.05) is 19.9 Å². The lowest BCUT2D eigenvalue weighted by Gasteiger charge is -2.19. The van der Waals surface area contributed by atoms with Crippen LogP contribution in [0.15, 0.2) is 12.2 Å². The molecule has 1 rings (SSSR count). The Hall–Kier alpha value is -1.21. The first kappa shape index (κ1) is 7.89. The van der Waals surface area contributed by atoms with Crippen molar-refractivity contribution >= 4 is 11.5 Å². The van der Waals surface area contributed by atoms with Crippen molar-refractivity contribution in [2.24, 2.45) is 5.41 Å². The molecule has 0 atom stereocenters. The van der Waals surface area contributed by atoms with Gasteiger partial charge in [0.15, 0.2) is 0 Å². The van der Waals surface area contributed by atoms with Gasteiger partial charge in [-0.25, -0.2) is 0 Å². The van der Waals surface area contributed by atoms with E-state index in [0.29, 0.717) is 6.42 Å². The molecular weight excluding hydrogens is 140 g/mol. The number of hydrogen-bond donors (Lipinski definition) is 0. The fourth-order valence-electron chi connectivity index (χ4n) is 1.06. The molecule has 11 heavy (non-hydrogen) atoms. The molecule has 0 aromatic rings. The van der Waals surface area contributed by atoms with Crippen LogP contribution in [0.2, 0.25) is 0 Å². The van der Waals surface area contributed by atoms with Gasteiger partial charge in [0.2, 0.25) is 0 Å². The molecule has 1 aliphatic carbocycles. The average Bonchev–Trinajstić information content (AvgIpc) is 1.94. The lowest BCUT2D eigenvalue weighted by Crippen LogP contribution is -2.26. The van der Waals surface area contributed by atoms with Crippen molar-refractivity contribution in [3.8, 4) is 0 Å². The normalized spacial score (nSPS) is 21.6. The molecule has 0 N–H and O–H groups in total. The van der Waals surface area contributed by atoms with Crippen LogP contribution in [0.5, 0.6) is 0 Å². The molecule has 0 heterocycles. The molecule has 0 unspecified atom stereocenters. The number of carbonyl (C=O) groups is 1. The molecule has 0 spiro atoms. The Labute approximate surface area is 65.3 Å². The van der Waals surface area contributed by atoms with E-state index in [9.17, 15) is 4.79 Å². The standard InChI is InChI=1S/C8H10N2O/c1-8(2)4-3-7(11)6(5-8)10-9/h3-4H,5H2,1-2H3. The topological polar surface area (TPSA) is 53.5 Å². The highest BCUT2D eigenvalue weighted by atomic mass is 16.1. The van der Waals surface area contributed by atoms with Gasteiger partial charge in [0.05, 0.1) is 6.42 Å². The maximum atomic E-state index is 10.9. The monoisotopic (exact) mass is 150 g/mol. The van der Waals surface area contributed by atoms with Gasteiger partial charge in [-0.15, -0.1) is 0 Å². The summed E-state index contributed by atoms with van der Waals surface area (Å²) in [6, 6.07) is 0. The van der Waals surface area contributed by atoms with Crippen LogP contribution in [-0.2, 0) is 4.79 Å². The fraction of sp³-hybridized carbons (Fsp3) is 0.500. The minimum atomic E-state index is -0.188. The van der Waals surface area contributed by atoms with Crippen molar-refractivity contribution in [1.29, 1.82) is 0 Å². The highest BCUT2D eigenvalue weighted by molar-refractivity contribution is 6.42. The van der Waals surface area contributed by atoms with Crippen LogP contribution in [0, 0.1) is 5.41 Å². The molecule has 0 bridgehead atoms. The summed E-state index contributed by atoms with van der Waals surface area (Å²) in [5, 5.41) is 0. The zero-order chi connectivity index (χ0) is 8.48. The van der Waals surface area contributed by atoms with Crippen LogP contribution in [0.3, 0.4) is 0 Å². The molecule has 0 aromatic carbocycles. The predicted octanol–water partition coefficient (Wildman–Crippen LogP) is 1.21. The molecule has 0 saturated carbocycles. The number of nitrogens with zero attached hydrogens (tertiary/aromatic N) is 2. The van der Waals surface area contributed by atoms with E-state index >= 15 is 0 Å². The van der Waals surface area contributed by atoms with Crippen LogP contribution >= 0.6 is 0 Å². The summed E-state index contributed by atoms with van der Waals surface area (Å²) in [7, 11) is 0. The molecule has 3 nitrogen and oxygen atoms in total. The van der Waals surface area contributed by atoms with Crippen molar-refractivity contribution in [2.45, 2.75) is 20.3 Å². The zero-order valence-electron chi connectivity index (χ0n) is 6.66. The number of carbonyl (C=O) groups excluding carboxylic acids is 1. The van der Waals surface area contributed by atoms with Gasteiger partial charge in [-0.3, -0.25) is 4.79 Å². The Morgan fingerprint density at radius 1 is 1.64 bits per heavy atom. The largest absolute Gasteiger partial charge is 0.361 e. The molecule has 0 radical (unpaired) electrons. The summed E-state index contributed by atoms with van der Waals surface area (Å²) in [6.07, 6.45) is 3.81. The van der Waals surface area contributed by atoms with Crippen LogP contribution in [0.4, 0.5) is 0 Å². The van der Waals surface area contributed by atoms with Crippen molar-refractivity contribution in [2.75, 3.05) is 0 Å². The number of ketones is 1. The number of hydrogen-bond acceptors (Lipinski definition) is 1. The van der Waals surface area contributed by atoms with E-state index in [1.165, 1.54) is 6.08 Å². The SMILES string of the molecule is CC1(C)C=CC(=O)C(=[N+]=[N-])C1. The second-order valence-electron chi connectivity index (χ2n) is 3.41. The summed E-state index contributed by atoms with van der Waals surface area (Å²) in [5.74, 6) is -0.188. The van der Waals surface area contributed by atoms with Crippen LogP contribution in [-0.4, -0.2) is 16.3 Å². The Morgan fingerprint density at radius 3 is 2.73 bits per heavy atom. The van der Waals surface area contributed by atoms with E-state index in [1.807, 2.05) is 19.9 Å². The molecule has 58 valence electrons. The average molecular weight is 150 g/mol. The van der Waals surface area contributed by atoms with Gasteiger partial charge < -0.3 is 5.53 Å². The Morgan fingerprint density at radius 2 is 2.27 bits per heavy atom. The maximum absolute atomic E-state index is 10.9. The van der Waals surface area contributed by atoms with Crippen LogP contribution in [0.25, 0.3) is 5.53 Å². The Kier molecular flexibility index (Phi) is 1.75. The van der Waals surface area contributed by atoms with E-state index in [0.717, 1.165) is 0 Å². The first-order chi connectivity index (χ1) is 5.05. The maximum Gasteiger partial charge on any atom is 0.339 e. The first-order valence-corrected chi connectivity index (χ1v) is 3.50. The van der Waals surface area contributed by atoms with Gasteiger partial charge in [-0.05, 0) is 11.5 Å². The van der Waals surface area contributed by atoms with Gasteiger partial charge in [0.25, 0.3) is 5.78 Å². The lowest BCUT2D eigenvalue weighted by molar-refractivity contribution is -0.114. The highest BCUT2D eigenvalue weighted by Gasteiger charge is 2.31. The minimum absolute atomic E-state index is 0.0600. The van der Waals surface area contributed by atoms with Gasteiger partial charge >= 0.3 is 5.71 Å². The third-order valence-electron chi connectivity index (χ3n) is 1.71. The van der Waals surface area contributed by atoms with Crippen molar-refractivity contribution in [3.05, 3.63) is 17.7 Å². The Balaban J connectivity index is 3.03. The molecule has 0 aromatic heterocycles. The van der Waals surface area contributed by atoms with Crippen molar-refractivity contribution in [1.82, 2.24) is 0 Å². The number of allylic oxidation sites excluding steroid dienone is 2. The molecule has 0 fully saturated rings. The van der Waals surface area contributed by atoms with Crippen LogP contribution in [0.1, 0.15) is 20.3 Å². The zero-order valence-corrected chi connectivity index (χ0v) is 6.66. The van der Waals surface area contributed by atoms with E-state index in [1.54, 1.807) is 0 Å². The third-order valence-corrected chi connectivity index (χ3v) is 1.71. The quantitative estimate of drug-likeness (QED) is 0.378. The van der Waals surface area contributed by atoms with E-state index in [2.05, 4.69) is 4.79 Å². The molecule has 3 heteroatoms. The second kappa shape index (κ2) is 2.44. The van der Waals surface area contributed by atoms with Gasteiger partial charge in [0, 0.05) is 0 Å². The van der Waals surface area contributed by atoms with Crippen molar-refractivity contribution < 1.29 is 9.58 Å². The third kappa shape index (κ3) is 1.63. The highest BCUT2D eigenvalue weighted by Crippen LogP contribution is 2.25.